The second kappa shape index (κ2) is 8.49. The van der Waals surface area contributed by atoms with Gasteiger partial charge in [0.25, 0.3) is 11.8 Å². The molecule has 0 saturated heterocycles. The topological polar surface area (TPSA) is 108 Å². The molecule has 132 valence electrons. The van der Waals surface area contributed by atoms with Gasteiger partial charge in [-0.1, -0.05) is 37.3 Å². The van der Waals surface area contributed by atoms with E-state index in [1.807, 2.05) is 32.0 Å². The molecule has 2 aromatic rings. The van der Waals surface area contributed by atoms with Gasteiger partial charge in [0, 0.05) is 17.6 Å². The van der Waals surface area contributed by atoms with Crippen molar-refractivity contribution >= 4 is 23.2 Å². The molecule has 2 aromatic carbocycles. The van der Waals surface area contributed by atoms with Crippen molar-refractivity contribution in [1.82, 2.24) is 5.32 Å². The van der Waals surface area contributed by atoms with E-state index in [0.29, 0.717) is 11.4 Å². The highest BCUT2D eigenvalue weighted by molar-refractivity contribution is 6.08. The van der Waals surface area contributed by atoms with Crippen molar-refractivity contribution in [1.29, 1.82) is 5.26 Å². The summed E-state index contributed by atoms with van der Waals surface area (Å²) in [4.78, 5) is 24.5. The summed E-state index contributed by atoms with van der Waals surface area (Å²) in [6.45, 7) is 3.86. The van der Waals surface area contributed by atoms with Gasteiger partial charge in [-0.05, 0) is 36.6 Å². The maximum atomic E-state index is 12.4. The number of para-hydroxylation sites is 2. The van der Waals surface area contributed by atoms with Gasteiger partial charge < -0.3 is 16.4 Å². The van der Waals surface area contributed by atoms with Crippen LogP contribution in [0.15, 0.2) is 54.2 Å². The molecule has 0 spiro atoms. The Labute approximate surface area is 152 Å². The molecule has 26 heavy (non-hydrogen) atoms. The van der Waals surface area contributed by atoms with Gasteiger partial charge in [0.15, 0.2) is 0 Å². The molecule has 0 heterocycles. The number of rotatable bonds is 5. The molecule has 0 radical (unpaired) electrons. The summed E-state index contributed by atoms with van der Waals surface area (Å²) >= 11 is 0. The Morgan fingerprint density at radius 2 is 1.92 bits per heavy atom. The maximum absolute atomic E-state index is 12.4. The van der Waals surface area contributed by atoms with Crippen molar-refractivity contribution in [2.75, 3.05) is 11.1 Å². The number of hydrogen-bond donors (Lipinski definition) is 3. The lowest BCUT2D eigenvalue weighted by Gasteiger charge is -2.12. The molecule has 0 bridgehead atoms. The van der Waals surface area contributed by atoms with Crippen LogP contribution in [0, 0.1) is 18.3 Å². The van der Waals surface area contributed by atoms with Crippen LogP contribution in [0.3, 0.4) is 0 Å². The Kier molecular flexibility index (Phi) is 6.12. The number of anilines is 2. The average molecular weight is 348 g/mol. The predicted octanol–water partition coefficient (Wildman–Crippen LogP) is 2.92. The molecule has 0 aromatic heterocycles. The number of hydrogen-bond acceptors (Lipinski definition) is 4. The minimum atomic E-state index is -0.585. The van der Waals surface area contributed by atoms with Crippen LogP contribution in [-0.2, 0) is 11.2 Å². The molecule has 0 aliphatic rings. The highest BCUT2D eigenvalue weighted by Gasteiger charge is 2.14. The third kappa shape index (κ3) is 4.28. The van der Waals surface area contributed by atoms with Crippen molar-refractivity contribution in [2.45, 2.75) is 20.3 Å². The van der Waals surface area contributed by atoms with Crippen LogP contribution in [0.25, 0.3) is 0 Å². The summed E-state index contributed by atoms with van der Waals surface area (Å²) in [6.07, 6.45) is 1.83. The summed E-state index contributed by atoms with van der Waals surface area (Å²) in [5.41, 5.74) is 8.67. The minimum absolute atomic E-state index is 0.210. The van der Waals surface area contributed by atoms with Gasteiger partial charge in [-0.15, -0.1) is 0 Å². The Bertz CT molecular complexity index is 910. The Balaban J connectivity index is 2.17. The van der Waals surface area contributed by atoms with E-state index in [4.69, 9.17) is 5.73 Å². The van der Waals surface area contributed by atoms with E-state index >= 15 is 0 Å². The average Bonchev–Trinajstić information content (AvgIpc) is 2.64. The number of carbonyl (C=O) groups excluding carboxylic acids is 2. The Morgan fingerprint density at radius 3 is 2.58 bits per heavy atom. The second-order valence-corrected chi connectivity index (χ2v) is 5.65. The summed E-state index contributed by atoms with van der Waals surface area (Å²) in [5.74, 6) is -1.08. The lowest BCUT2D eigenvalue weighted by Crippen LogP contribution is -2.22. The lowest BCUT2D eigenvalue weighted by molar-refractivity contribution is -0.112. The number of amides is 2. The summed E-state index contributed by atoms with van der Waals surface area (Å²) in [7, 11) is 0. The van der Waals surface area contributed by atoms with Crippen molar-refractivity contribution in [2.24, 2.45) is 0 Å². The molecular weight excluding hydrogens is 328 g/mol. The van der Waals surface area contributed by atoms with E-state index in [1.165, 1.54) is 0 Å². The molecule has 0 aliphatic heterocycles. The van der Waals surface area contributed by atoms with E-state index in [9.17, 15) is 14.9 Å². The predicted molar refractivity (Wildman–Crippen MR) is 101 cm³/mol. The number of carbonyl (C=O) groups is 2. The van der Waals surface area contributed by atoms with Crippen molar-refractivity contribution in [3.63, 3.8) is 0 Å². The molecule has 0 aliphatic carbocycles. The molecule has 6 heteroatoms. The normalized spacial score (nSPS) is 10.7. The van der Waals surface area contributed by atoms with Gasteiger partial charge >= 0.3 is 0 Å². The fourth-order valence-corrected chi connectivity index (χ4v) is 2.45. The molecule has 0 fully saturated rings. The Hall–Kier alpha value is -3.59. The molecule has 0 unspecified atom stereocenters. The fourth-order valence-electron chi connectivity index (χ4n) is 2.45. The number of nitrogens with two attached hydrogens (primary N) is 1. The summed E-state index contributed by atoms with van der Waals surface area (Å²) < 4.78 is 0. The van der Waals surface area contributed by atoms with E-state index in [-0.39, 0.29) is 11.1 Å². The van der Waals surface area contributed by atoms with Crippen molar-refractivity contribution < 1.29 is 9.59 Å². The molecule has 2 amide bonds. The van der Waals surface area contributed by atoms with E-state index in [1.54, 1.807) is 30.3 Å². The SMILES string of the molecule is CCc1cccc(C)c1NC(=O)/C(C#N)=C\NC(=O)c1ccccc1N. The zero-order chi connectivity index (χ0) is 19.1. The number of benzene rings is 2. The highest BCUT2D eigenvalue weighted by atomic mass is 16.2. The first-order valence-electron chi connectivity index (χ1n) is 8.13. The first kappa shape index (κ1) is 18.7. The monoisotopic (exact) mass is 348 g/mol. The van der Waals surface area contributed by atoms with E-state index in [0.717, 1.165) is 23.7 Å². The van der Waals surface area contributed by atoms with E-state index < -0.39 is 11.8 Å². The number of nitrogen functional groups attached to an aromatic ring is 1. The van der Waals surface area contributed by atoms with Crippen LogP contribution < -0.4 is 16.4 Å². The van der Waals surface area contributed by atoms with E-state index in [2.05, 4.69) is 10.6 Å². The maximum Gasteiger partial charge on any atom is 0.267 e. The third-order valence-corrected chi connectivity index (χ3v) is 3.90. The third-order valence-electron chi connectivity index (χ3n) is 3.90. The zero-order valence-electron chi connectivity index (χ0n) is 14.7. The van der Waals surface area contributed by atoms with Gasteiger partial charge in [-0.2, -0.15) is 5.26 Å². The number of nitriles is 1. The Morgan fingerprint density at radius 1 is 1.19 bits per heavy atom. The van der Waals surface area contributed by atoms with Gasteiger partial charge in [-0.25, -0.2) is 0 Å². The van der Waals surface area contributed by atoms with Gasteiger partial charge in [0.1, 0.15) is 11.6 Å². The van der Waals surface area contributed by atoms with Crippen molar-refractivity contribution in [3.05, 3.63) is 70.9 Å². The minimum Gasteiger partial charge on any atom is -0.398 e. The molecule has 0 atom stereocenters. The molecule has 4 N–H and O–H groups in total. The van der Waals surface area contributed by atoms with Crippen molar-refractivity contribution in [3.8, 4) is 6.07 Å². The quantitative estimate of drug-likeness (QED) is 0.438. The smallest absolute Gasteiger partial charge is 0.267 e. The number of nitrogens with zero attached hydrogens (tertiary/aromatic N) is 1. The number of nitrogens with one attached hydrogen (secondary N) is 2. The largest absolute Gasteiger partial charge is 0.398 e. The number of aryl methyl sites for hydroxylation is 2. The van der Waals surface area contributed by atoms with Gasteiger partial charge in [0.2, 0.25) is 0 Å². The fraction of sp³-hybridized carbons (Fsp3) is 0.150. The summed E-state index contributed by atoms with van der Waals surface area (Å²) in [6, 6.07) is 14.1. The highest BCUT2D eigenvalue weighted by Crippen LogP contribution is 2.21. The van der Waals surface area contributed by atoms with Crippen LogP contribution in [0.4, 0.5) is 11.4 Å². The summed E-state index contributed by atoms with van der Waals surface area (Å²) in [5, 5.41) is 14.4. The van der Waals surface area contributed by atoms with Gasteiger partial charge in [-0.3, -0.25) is 9.59 Å². The van der Waals surface area contributed by atoms with Crippen LogP contribution in [0.2, 0.25) is 0 Å². The molecule has 0 saturated carbocycles. The zero-order valence-corrected chi connectivity index (χ0v) is 14.7. The molecule has 2 rings (SSSR count). The second-order valence-electron chi connectivity index (χ2n) is 5.65. The lowest BCUT2D eigenvalue weighted by atomic mass is 10.1. The standard InChI is InChI=1S/C20H20N4O2/c1-3-14-8-6-7-13(2)18(14)24-19(25)15(11-21)12-23-20(26)16-9-4-5-10-17(16)22/h4-10,12H,3,22H2,1-2H3,(H,23,26)(H,24,25)/b15-12-. The van der Waals surface area contributed by atoms with Crippen LogP contribution in [0.5, 0.6) is 0 Å². The molecular formula is C20H20N4O2. The first-order valence-corrected chi connectivity index (χ1v) is 8.13. The molecule has 6 nitrogen and oxygen atoms in total. The van der Waals surface area contributed by atoms with Crippen LogP contribution >= 0.6 is 0 Å². The van der Waals surface area contributed by atoms with Crippen LogP contribution in [-0.4, -0.2) is 11.8 Å². The van der Waals surface area contributed by atoms with Crippen LogP contribution in [0.1, 0.15) is 28.4 Å². The van der Waals surface area contributed by atoms with Gasteiger partial charge in [0.05, 0.1) is 5.56 Å². The first-order chi connectivity index (χ1) is 12.5.